The number of hydrogen-bond acceptors (Lipinski definition) is 4. The van der Waals surface area contributed by atoms with Crippen molar-refractivity contribution in [3.05, 3.63) is 64.7 Å². The Balaban J connectivity index is 2.07. The second kappa shape index (κ2) is 6.45. The van der Waals surface area contributed by atoms with Crippen LogP contribution in [0.25, 0.3) is 0 Å². The van der Waals surface area contributed by atoms with Crippen molar-refractivity contribution in [3.8, 4) is 6.07 Å². The summed E-state index contributed by atoms with van der Waals surface area (Å²) in [6.45, 7) is 2.03. The summed E-state index contributed by atoms with van der Waals surface area (Å²) in [5.74, 6) is -0.418. The zero-order chi connectivity index (χ0) is 18.2. The van der Waals surface area contributed by atoms with Gasteiger partial charge in [0.25, 0.3) is 0 Å². The molecule has 0 spiro atoms. The van der Waals surface area contributed by atoms with Gasteiger partial charge in [-0.25, -0.2) is 8.42 Å². The molecule has 0 N–H and O–H groups in total. The smallest absolute Gasteiger partial charge is 0.183 e. The third-order valence-corrected chi connectivity index (χ3v) is 7.30. The number of nitriles is 1. The lowest BCUT2D eigenvalue weighted by Gasteiger charge is -2.08. The van der Waals surface area contributed by atoms with E-state index < -0.39 is 26.4 Å². The highest BCUT2D eigenvalue weighted by Crippen LogP contribution is 2.63. The summed E-state index contributed by atoms with van der Waals surface area (Å²) in [6.07, 6.45) is 0. The van der Waals surface area contributed by atoms with E-state index in [0.717, 1.165) is 11.1 Å². The summed E-state index contributed by atoms with van der Waals surface area (Å²) in [7, 11) is -2.21. The number of halogens is 1. The number of aryl methyl sites for hydroxylation is 1. The fourth-order valence-corrected chi connectivity index (χ4v) is 5.89. The summed E-state index contributed by atoms with van der Waals surface area (Å²) >= 11 is 5.86. The molecular formula is C19H18ClNO3S. The van der Waals surface area contributed by atoms with Crippen molar-refractivity contribution in [3.63, 3.8) is 0 Å². The minimum absolute atomic E-state index is 0.0690. The highest BCUT2D eigenvalue weighted by Gasteiger charge is 2.72. The Morgan fingerprint density at radius 2 is 1.76 bits per heavy atom. The van der Waals surface area contributed by atoms with Gasteiger partial charge in [0.05, 0.1) is 22.8 Å². The average molecular weight is 376 g/mol. The number of sulfone groups is 1. The van der Waals surface area contributed by atoms with Crippen LogP contribution in [0, 0.1) is 23.7 Å². The SMILES string of the molecule is COC[C@@]1(C#N)[C@H](S(=O)(=O)c2ccc(Cl)cc2)[C@@H]1c1ccc(C)cc1. The van der Waals surface area contributed by atoms with Gasteiger partial charge >= 0.3 is 0 Å². The summed E-state index contributed by atoms with van der Waals surface area (Å²) in [5, 5.41) is 9.41. The molecule has 0 radical (unpaired) electrons. The van der Waals surface area contributed by atoms with E-state index in [1.54, 1.807) is 12.1 Å². The normalized spacial score (nSPS) is 25.4. The van der Waals surface area contributed by atoms with Gasteiger partial charge in [-0.2, -0.15) is 5.26 Å². The van der Waals surface area contributed by atoms with Gasteiger partial charge in [0.15, 0.2) is 9.84 Å². The van der Waals surface area contributed by atoms with Crippen molar-refractivity contribution in [1.82, 2.24) is 0 Å². The van der Waals surface area contributed by atoms with Crippen molar-refractivity contribution in [2.45, 2.75) is 23.0 Å². The van der Waals surface area contributed by atoms with E-state index in [4.69, 9.17) is 16.3 Å². The Labute approximate surface area is 152 Å². The minimum Gasteiger partial charge on any atom is -0.383 e. The molecule has 0 saturated heterocycles. The molecule has 4 nitrogen and oxygen atoms in total. The first-order valence-electron chi connectivity index (χ1n) is 7.83. The van der Waals surface area contributed by atoms with Crippen molar-refractivity contribution in [2.24, 2.45) is 5.41 Å². The standard InChI is InChI=1S/C19H18ClNO3S/c1-13-3-5-14(6-4-13)17-18(19(17,11-21)12-24-2)25(22,23)16-9-7-15(20)8-10-16/h3-10,17-18H,12H2,1-2H3/t17-,18+,19+/m0/s1. The maximum absolute atomic E-state index is 13.2. The molecule has 0 aliphatic heterocycles. The molecular weight excluding hydrogens is 358 g/mol. The molecule has 1 saturated carbocycles. The first-order chi connectivity index (χ1) is 11.9. The van der Waals surface area contributed by atoms with Gasteiger partial charge in [0.1, 0.15) is 5.41 Å². The number of benzene rings is 2. The van der Waals surface area contributed by atoms with Crippen molar-refractivity contribution >= 4 is 21.4 Å². The highest BCUT2D eigenvalue weighted by molar-refractivity contribution is 7.92. The molecule has 0 amide bonds. The van der Waals surface area contributed by atoms with Crippen LogP contribution in [-0.4, -0.2) is 27.4 Å². The highest BCUT2D eigenvalue weighted by atomic mass is 35.5. The third-order valence-electron chi connectivity index (χ3n) is 4.76. The molecule has 0 unspecified atom stereocenters. The van der Waals surface area contributed by atoms with Gasteiger partial charge < -0.3 is 4.74 Å². The van der Waals surface area contributed by atoms with E-state index in [-0.39, 0.29) is 11.5 Å². The summed E-state index contributed by atoms with van der Waals surface area (Å²) < 4.78 is 31.5. The van der Waals surface area contributed by atoms with Crippen LogP contribution in [0.1, 0.15) is 17.0 Å². The second-order valence-corrected chi connectivity index (χ2v) is 8.90. The van der Waals surface area contributed by atoms with Crippen LogP contribution in [0.15, 0.2) is 53.4 Å². The molecule has 1 aliphatic rings. The molecule has 2 aromatic carbocycles. The molecule has 3 rings (SSSR count). The molecule has 25 heavy (non-hydrogen) atoms. The molecule has 3 atom stereocenters. The van der Waals surface area contributed by atoms with Crippen molar-refractivity contribution < 1.29 is 13.2 Å². The lowest BCUT2D eigenvalue weighted by atomic mass is 10.0. The van der Waals surface area contributed by atoms with Crippen LogP contribution in [0.3, 0.4) is 0 Å². The molecule has 0 aromatic heterocycles. The Morgan fingerprint density at radius 1 is 1.16 bits per heavy atom. The van der Waals surface area contributed by atoms with Crippen LogP contribution < -0.4 is 0 Å². The first-order valence-corrected chi connectivity index (χ1v) is 9.75. The minimum atomic E-state index is -3.69. The fourth-order valence-electron chi connectivity index (χ4n) is 3.45. The van der Waals surface area contributed by atoms with Crippen LogP contribution in [-0.2, 0) is 14.6 Å². The number of hydrogen-bond donors (Lipinski definition) is 0. The zero-order valence-electron chi connectivity index (χ0n) is 13.9. The number of nitrogens with zero attached hydrogens (tertiary/aromatic N) is 1. The van der Waals surface area contributed by atoms with E-state index >= 15 is 0 Å². The van der Waals surface area contributed by atoms with Gasteiger partial charge in [-0.1, -0.05) is 41.4 Å². The van der Waals surface area contributed by atoms with Crippen molar-refractivity contribution in [2.75, 3.05) is 13.7 Å². The van der Waals surface area contributed by atoms with E-state index in [1.165, 1.54) is 19.2 Å². The predicted octanol–water partition coefficient (Wildman–Crippen LogP) is 3.74. The van der Waals surface area contributed by atoms with Crippen LogP contribution in [0.4, 0.5) is 0 Å². The summed E-state index contributed by atoms with van der Waals surface area (Å²) in [5.41, 5.74) is 0.838. The average Bonchev–Trinajstić information content (AvgIpc) is 3.26. The Kier molecular flexibility index (Phi) is 4.63. The largest absolute Gasteiger partial charge is 0.383 e. The van der Waals surface area contributed by atoms with Crippen LogP contribution in [0.5, 0.6) is 0 Å². The van der Waals surface area contributed by atoms with E-state index in [1.807, 2.05) is 31.2 Å². The van der Waals surface area contributed by atoms with Gasteiger partial charge in [0.2, 0.25) is 0 Å². The molecule has 2 aromatic rings. The maximum Gasteiger partial charge on any atom is 0.183 e. The van der Waals surface area contributed by atoms with Gasteiger partial charge in [-0.05, 0) is 36.8 Å². The number of ether oxygens (including phenoxy) is 1. The maximum atomic E-state index is 13.2. The topological polar surface area (TPSA) is 67.2 Å². The zero-order valence-corrected chi connectivity index (χ0v) is 15.5. The molecule has 130 valence electrons. The van der Waals surface area contributed by atoms with E-state index in [0.29, 0.717) is 5.02 Å². The van der Waals surface area contributed by atoms with Crippen LogP contribution in [0.2, 0.25) is 5.02 Å². The van der Waals surface area contributed by atoms with Crippen molar-refractivity contribution in [1.29, 1.82) is 5.26 Å². The molecule has 0 bridgehead atoms. The van der Waals surface area contributed by atoms with Crippen LogP contribution >= 0.6 is 11.6 Å². The van der Waals surface area contributed by atoms with E-state index in [9.17, 15) is 13.7 Å². The quantitative estimate of drug-likeness (QED) is 0.798. The lowest BCUT2D eigenvalue weighted by molar-refractivity contribution is 0.162. The summed E-state index contributed by atoms with van der Waals surface area (Å²) in [4.78, 5) is 0.173. The Hall–Kier alpha value is -1.87. The molecule has 1 fully saturated rings. The van der Waals surface area contributed by atoms with Gasteiger partial charge in [-0.15, -0.1) is 0 Å². The first kappa shape index (κ1) is 17.9. The molecule has 1 aliphatic carbocycles. The number of methoxy groups -OCH3 is 1. The number of rotatable bonds is 5. The Morgan fingerprint density at radius 3 is 2.28 bits per heavy atom. The van der Waals surface area contributed by atoms with E-state index in [2.05, 4.69) is 6.07 Å². The van der Waals surface area contributed by atoms with Gasteiger partial charge in [0, 0.05) is 18.1 Å². The monoisotopic (exact) mass is 375 g/mol. The predicted molar refractivity (Wildman–Crippen MR) is 96.3 cm³/mol. The third kappa shape index (κ3) is 2.95. The fraction of sp³-hybridized carbons (Fsp3) is 0.316. The molecule has 6 heteroatoms. The second-order valence-electron chi connectivity index (χ2n) is 6.39. The summed E-state index contributed by atoms with van der Waals surface area (Å²) in [6, 6.07) is 15.9. The van der Waals surface area contributed by atoms with Gasteiger partial charge in [-0.3, -0.25) is 0 Å². The Bertz CT molecular complexity index is 917. The lowest BCUT2D eigenvalue weighted by Crippen LogP contribution is -2.19. The molecule has 0 heterocycles.